The number of ether oxygens (including phenoxy) is 1. The molecule has 19 heavy (non-hydrogen) atoms. The van der Waals surface area contributed by atoms with Gasteiger partial charge >= 0.3 is 0 Å². The number of hydrogen-bond donors (Lipinski definition) is 2. The van der Waals surface area contributed by atoms with Crippen molar-refractivity contribution in [3.05, 3.63) is 23.2 Å². The van der Waals surface area contributed by atoms with Gasteiger partial charge in [0.1, 0.15) is 4.90 Å². The number of nitrogens with one attached hydrogen (secondary N) is 1. The van der Waals surface area contributed by atoms with E-state index in [1.54, 1.807) is 0 Å². The van der Waals surface area contributed by atoms with E-state index in [1.807, 2.05) is 20.8 Å². The van der Waals surface area contributed by atoms with Crippen LogP contribution in [0.15, 0.2) is 23.1 Å². The highest BCUT2D eigenvalue weighted by Gasteiger charge is 2.23. The van der Waals surface area contributed by atoms with Crippen LogP contribution < -0.4 is 10.5 Å². The minimum absolute atomic E-state index is 0.0178. The zero-order valence-electron chi connectivity index (χ0n) is 11.2. The topological polar surface area (TPSA) is 81.4 Å². The Bertz CT molecular complexity index is 544. The summed E-state index contributed by atoms with van der Waals surface area (Å²) in [5.41, 5.74) is 5.21. The first-order valence-electron chi connectivity index (χ1n) is 5.86. The lowest BCUT2D eigenvalue weighted by atomic mass is 10.1. The van der Waals surface area contributed by atoms with E-state index in [9.17, 15) is 8.42 Å². The summed E-state index contributed by atoms with van der Waals surface area (Å²) in [6.45, 7) is 6.14. The fourth-order valence-corrected chi connectivity index (χ4v) is 3.04. The quantitative estimate of drug-likeness (QED) is 0.788. The van der Waals surface area contributed by atoms with Crippen molar-refractivity contribution in [1.82, 2.24) is 4.72 Å². The molecule has 0 aromatic heterocycles. The molecule has 0 atom stereocenters. The Morgan fingerprint density at radius 1 is 1.42 bits per heavy atom. The average Bonchev–Trinajstić information content (AvgIpc) is 2.26. The lowest BCUT2D eigenvalue weighted by Gasteiger charge is -2.25. The van der Waals surface area contributed by atoms with Gasteiger partial charge in [0, 0.05) is 18.2 Å². The van der Waals surface area contributed by atoms with Crippen LogP contribution >= 0.6 is 11.6 Å². The molecular weight excluding hydrogens is 288 g/mol. The van der Waals surface area contributed by atoms with Crippen LogP contribution in [0.1, 0.15) is 20.8 Å². The molecule has 0 fully saturated rings. The van der Waals surface area contributed by atoms with Crippen LogP contribution in [0.3, 0.4) is 0 Å². The summed E-state index contributed by atoms with van der Waals surface area (Å²) < 4.78 is 32.2. The van der Waals surface area contributed by atoms with Crippen molar-refractivity contribution in [3.63, 3.8) is 0 Å². The maximum Gasteiger partial charge on any atom is 0.242 e. The lowest BCUT2D eigenvalue weighted by Crippen LogP contribution is -2.40. The molecule has 0 aliphatic heterocycles. The average molecular weight is 307 g/mol. The number of hydrogen-bond acceptors (Lipinski definition) is 4. The fraction of sp³-hybridized carbons (Fsp3) is 0.500. The predicted octanol–water partition coefficient (Wildman–Crippen LogP) is 2.02. The standard InChI is InChI=1S/C12H19ClN2O3S/c1-4-18-12(2,3)8-15-19(16,17)11-6-5-9(13)7-10(11)14/h5-7,15H,4,8,14H2,1-3H3. The van der Waals surface area contributed by atoms with Crippen LogP contribution in [0, 0.1) is 0 Å². The van der Waals surface area contributed by atoms with Crippen LogP contribution in [0.4, 0.5) is 5.69 Å². The van der Waals surface area contributed by atoms with E-state index in [2.05, 4.69) is 4.72 Å². The van der Waals surface area contributed by atoms with Crippen LogP contribution in [0.25, 0.3) is 0 Å². The second-order valence-corrected chi connectivity index (χ2v) is 6.87. The van der Waals surface area contributed by atoms with Gasteiger partial charge in [-0.1, -0.05) is 11.6 Å². The summed E-state index contributed by atoms with van der Waals surface area (Å²) in [6, 6.07) is 4.28. The molecular formula is C12H19ClN2O3S. The monoisotopic (exact) mass is 306 g/mol. The third-order valence-electron chi connectivity index (χ3n) is 2.48. The maximum absolute atomic E-state index is 12.1. The van der Waals surface area contributed by atoms with Crippen molar-refractivity contribution in [2.45, 2.75) is 31.3 Å². The fourth-order valence-electron chi connectivity index (χ4n) is 1.55. The Balaban J connectivity index is 2.87. The Morgan fingerprint density at radius 2 is 2.05 bits per heavy atom. The number of sulfonamides is 1. The van der Waals surface area contributed by atoms with Crippen LogP contribution in [0.2, 0.25) is 5.02 Å². The third-order valence-corrected chi connectivity index (χ3v) is 4.19. The summed E-state index contributed by atoms with van der Waals surface area (Å²) >= 11 is 5.74. The van der Waals surface area contributed by atoms with Crippen molar-refractivity contribution < 1.29 is 13.2 Å². The smallest absolute Gasteiger partial charge is 0.242 e. The van der Waals surface area contributed by atoms with Gasteiger partial charge in [-0.05, 0) is 39.0 Å². The number of halogens is 1. The third kappa shape index (κ3) is 4.65. The van der Waals surface area contributed by atoms with Gasteiger partial charge in [0.15, 0.2) is 0 Å². The molecule has 0 saturated carbocycles. The molecule has 0 bridgehead atoms. The van der Waals surface area contributed by atoms with E-state index >= 15 is 0 Å². The molecule has 0 unspecified atom stereocenters. The van der Waals surface area contributed by atoms with E-state index in [0.717, 1.165) is 0 Å². The Labute approximate surface area is 119 Å². The second kappa shape index (κ2) is 6.09. The molecule has 0 aliphatic rings. The molecule has 0 radical (unpaired) electrons. The minimum Gasteiger partial charge on any atom is -0.398 e. The Morgan fingerprint density at radius 3 is 2.58 bits per heavy atom. The predicted molar refractivity (Wildman–Crippen MR) is 76.8 cm³/mol. The molecule has 1 rings (SSSR count). The van der Waals surface area contributed by atoms with Gasteiger partial charge in [-0.15, -0.1) is 0 Å². The van der Waals surface area contributed by atoms with Crippen molar-refractivity contribution in [3.8, 4) is 0 Å². The van der Waals surface area contributed by atoms with E-state index in [1.165, 1.54) is 18.2 Å². The molecule has 0 saturated heterocycles. The van der Waals surface area contributed by atoms with Gasteiger partial charge < -0.3 is 10.5 Å². The molecule has 108 valence electrons. The Hall–Kier alpha value is -0.820. The summed E-state index contributed by atoms with van der Waals surface area (Å²) in [6.07, 6.45) is 0. The van der Waals surface area contributed by atoms with Crippen molar-refractivity contribution in [2.75, 3.05) is 18.9 Å². The number of anilines is 1. The maximum atomic E-state index is 12.1. The van der Waals surface area contributed by atoms with Crippen molar-refractivity contribution in [1.29, 1.82) is 0 Å². The van der Waals surface area contributed by atoms with Crippen LogP contribution in [-0.4, -0.2) is 27.2 Å². The largest absolute Gasteiger partial charge is 0.398 e. The summed E-state index contributed by atoms with van der Waals surface area (Å²) in [5.74, 6) is 0. The summed E-state index contributed by atoms with van der Waals surface area (Å²) in [5, 5.41) is 0.395. The summed E-state index contributed by atoms with van der Waals surface area (Å²) in [7, 11) is -3.67. The van der Waals surface area contributed by atoms with Gasteiger partial charge in [0.25, 0.3) is 0 Å². The highest BCUT2D eigenvalue weighted by molar-refractivity contribution is 7.89. The SMILES string of the molecule is CCOC(C)(C)CNS(=O)(=O)c1ccc(Cl)cc1N. The zero-order valence-corrected chi connectivity index (χ0v) is 12.8. The first-order chi connectivity index (χ1) is 8.68. The molecule has 1 aromatic rings. The normalized spacial score (nSPS) is 12.6. The summed E-state index contributed by atoms with van der Waals surface area (Å²) in [4.78, 5) is 0.0178. The molecule has 0 aliphatic carbocycles. The van der Waals surface area contributed by atoms with Gasteiger partial charge in [0.2, 0.25) is 10.0 Å². The number of nitrogens with two attached hydrogens (primary N) is 1. The molecule has 3 N–H and O–H groups in total. The van der Waals surface area contributed by atoms with Gasteiger partial charge in [-0.2, -0.15) is 0 Å². The van der Waals surface area contributed by atoms with E-state index in [0.29, 0.717) is 11.6 Å². The first-order valence-corrected chi connectivity index (χ1v) is 7.73. The van der Waals surface area contributed by atoms with Crippen molar-refractivity contribution >= 4 is 27.3 Å². The minimum atomic E-state index is -3.67. The molecule has 0 heterocycles. The molecule has 0 spiro atoms. The van der Waals surface area contributed by atoms with E-state index < -0.39 is 15.6 Å². The van der Waals surface area contributed by atoms with Gasteiger partial charge in [0.05, 0.1) is 11.3 Å². The molecule has 1 aromatic carbocycles. The number of nitrogen functional groups attached to an aromatic ring is 1. The van der Waals surface area contributed by atoms with Gasteiger partial charge in [-0.25, -0.2) is 13.1 Å². The molecule has 5 nitrogen and oxygen atoms in total. The lowest BCUT2D eigenvalue weighted by molar-refractivity contribution is -0.00514. The molecule has 7 heteroatoms. The zero-order chi connectivity index (χ0) is 14.7. The van der Waals surface area contributed by atoms with E-state index in [4.69, 9.17) is 22.1 Å². The van der Waals surface area contributed by atoms with E-state index in [-0.39, 0.29) is 17.1 Å². The number of rotatable bonds is 6. The highest BCUT2D eigenvalue weighted by Crippen LogP contribution is 2.22. The van der Waals surface area contributed by atoms with Gasteiger partial charge in [-0.3, -0.25) is 0 Å². The first kappa shape index (κ1) is 16.2. The number of benzene rings is 1. The second-order valence-electron chi connectivity index (χ2n) is 4.70. The van der Waals surface area contributed by atoms with Crippen LogP contribution in [-0.2, 0) is 14.8 Å². The molecule has 0 amide bonds. The Kier molecular flexibility index (Phi) is 5.20. The highest BCUT2D eigenvalue weighted by atomic mass is 35.5. The van der Waals surface area contributed by atoms with Crippen molar-refractivity contribution in [2.24, 2.45) is 0 Å². The van der Waals surface area contributed by atoms with Crippen LogP contribution in [0.5, 0.6) is 0 Å².